The fourth-order valence-electron chi connectivity index (χ4n) is 3.32. The van der Waals surface area contributed by atoms with E-state index in [1.807, 2.05) is 37.3 Å². The van der Waals surface area contributed by atoms with Crippen molar-refractivity contribution in [1.82, 2.24) is 10.1 Å². The topological polar surface area (TPSA) is 47.7 Å². The number of aromatic nitrogens is 1. The number of rotatable bonds is 3. The van der Waals surface area contributed by atoms with Crippen molar-refractivity contribution < 1.29 is 14.0 Å². The molecule has 0 aliphatic carbocycles. The molecule has 0 N–H and O–H groups in total. The van der Waals surface area contributed by atoms with Gasteiger partial charge in [0.05, 0.1) is 11.7 Å². The van der Waals surface area contributed by atoms with E-state index in [2.05, 4.69) is 10.1 Å². The third-order valence-corrected chi connectivity index (χ3v) is 4.34. The minimum atomic E-state index is 0.0551. The van der Waals surface area contributed by atoms with E-state index >= 15 is 0 Å². The maximum absolute atomic E-state index is 6.07. The minimum absolute atomic E-state index is 0.0551. The van der Waals surface area contributed by atoms with E-state index in [-0.39, 0.29) is 6.10 Å². The molecule has 0 amide bonds. The molecule has 0 radical (unpaired) electrons. The highest BCUT2D eigenvalue weighted by atomic mass is 16.6. The molecule has 3 heterocycles. The van der Waals surface area contributed by atoms with Crippen LogP contribution in [0.2, 0.25) is 0 Å². The van der Waals surface area contributed by atoms with Crippen LogP contribution >= 0.6 is 0 Å². The van der Waals surface area contributed by atoms with Gasteiger partial charge in [-0.15, -0.1) is 0 Å². The molecule has 5 nitrogen and oxygen atoms in total. The maximum atomic E-state index is 6.07. The zero-order valence-electron chi connectivity index (χ0n) is 12.7. The average molecular weight is 300 g/mol. The Hall–Kier alpha value is -2.01. The van der Waals surface area contributed by atoms with Crippen LogP contribution in [0.5, 0.6) is 11.5 Å². The summed E-state index contributed by atoms with van der Waals surface area (Å²) in [6.45, 7) is 4.46. The fourth-order valence-corrected chi connectivity index (χ4v) is 3.32. The standard InChI is InChI=1S/C17H20N2O3/c1-12-9-17(22-18-12)14-5-4-8-19(14)10-13-11-20-15-6-2-3-7-16(15)21-13/h2-3,6-7,9,13-14H,4-5,8,10-11H2,1H3/t13-,14-/m1/s1. The van der Waals surface area contributed by atoms with Gasteiger partial charge >= 0.3 is 0 Å². The van der Waals surface area contributed by atoms with Crippen LogP contribution in [0.4, 0.5) is 0 Å². The summed E-state index contributed by atoms with van der Waals surface area (Å²) in [5, 5.41) is 4.01. The largest absolute Gasteiger partial charge is 0.486 e. The van der Waals surface area contributed by atoms with Crippen LogP contribution in [0.25, 0.3) is 0 Å². The Labute approximate surface area is 129 Å². The summed E-state index contributed by atoms with van der Waals surface area (Å²) in [5.74, 6) is 2.64. The summed E-state index contributed by atoms with van der Waals surface area (Å²) < 4.78 is 17.3. The van der Waals surface area contributed by atoms with E-state index in [9.17, 15) is 0 Å². The second kappa shape index (κ2) is 5.65. The second-order valence-corrected chi connectivity index (χ2v) is 6.02. The van der Waals surface area contributed by atoms with Crippen LogP contribution in [0.3, 0.4) is 0 Å². The number of nitrogens with zero attached hydrogens (tertiary/aromatic N) is 2. The molecule has 1 fully saturated rings. The zero-order valence-corrected chi connectivity index (χ0v) is 12.7. The minimum Gasteiger partial charge on any atom is -0.486 e. The normalized spacial score (nSPS) is 24.6. The third-order valence-electron chi connectivity index (χ3n) is 4.34. The molecule has 1 aromatic heterocycles. The molecule has 1 aromatic carbocycles. The van der Waals surface area contributed by atoms with Gasteiger partial charge in [0.1, 0.15) is 12.7 Å². The maximum Gasteiger partial charge on any atom is 0.161 e. The van der Waals surface area contributed by atoms with Gasteiger partial charge in [0.25, 0.3) is 0 Å². The van der Waals surface area contributed by atoms with Gasteiger partial charge in [-0.3, -0.25) is 4.90 Å². The molecular formula is C17H20N2O3. The Kier molecular flexibility index (Phi) is 3.50. The Morgan fingerprint density at radius 3 is 2.95 bits per heavy atom. The molecule has 2 aliphatic rings. The summed E-state index contributed by atoms with van der Waals surface area (Å²) in [6.07, 6.45) is 2.34. The first kappa shape index (κ1) is 13.6. The summed E-state index contributed by atoms with van der Waals surface area (Å²) in [4.78, 5) is 2.42. The van der Waals surface area contributed by atoms with Crippen molar-refractivity contribution >= 4 is 0 Å². The molecule has 2 aliphatic heterocycles. The predicted octanol–water partition coefficient (Wildman–Crippen LogP) is 2.96. The lowest BCUT2D eigenvalue weighted by Crippen LogP contribution is -2.40. The van der Waals surface area contributed by atoms with Crippen LogP contribution in [0, 0.1) is 6.92 Å². The van der Waals surface area contributed by atoms with Crippen molar-refractivity contribution in [1.29, 1.82) is 0 Å². The van der Waals surface area contributed by atoms with Gasteiger partial charge in [0.15, 0.2) is 17.3 Å². The molecule has 0 spiro atoms. The number of fused-ring (bicyclic) bond motifs is 1. The summed E-state index contributed by atoms with van der Waals surface area (Å²) in [6, 6.07) is 10.2. The van der Waals surface area contributed by atoms with Gasteiger partial charge in [-0.25, -0.2) is 0 Å². The fraction of sp³-hybridized carbons (Fsp3) is 0.471. The molecule has 116 valence electrons. The van der Waals surface area contributed by atoms with Crippen LogP contribution in [0.15, 0.2) is 34.9 Å². The molecule has 4 rings (SSSR count). The SMILES string of the molecule is Cc1cc([C@H]2CCCN2C[C@@H]2COc3ccccc3O2)on1. The first-order valence-electron chi connectivity index (χ1n) is 7.85. The molecule has 1 saturated heterocycles. The molecule has 2 aromatic rings. The van der Waals surface area contributed by atoms with Gasteiger partial charge in [-0.05, 0) is 38.4 Å². The molecule has 5 heteroatoms. The Morgan fingerprint density at radius 1 is 1.27 bits per heavy atom. The van der Waals surface area contributed by atoms with E-state index in [0.29, 0.717) is 12.6 Å². The van der Waals surface area contributed by atoms with Crippen molar-refractivity contribution in [3.8, 4) is 11.5 Å². The van der Waals surface area contributed by atoms with Gasteiger partial charge in [-0.1, -0.05) is 17.3 Å². The van der Waals surface area contributed by atoms with E-state index in [4.69, 9.17) is 14.0 Å². The first-order chi connectivity index (χ1) is 10.8. The molecular weight excluding hydrogens is 280 g/mol. The second-order valence-electron chi connectivity index (χ2n) is 6.02. The number of likely N-dealkylation sites (tertiary alicyclic amines) is 1. The number of para-hydroxylation sites is 2. The van der Waals surface area contributed by atoms with E-state index < -0.39 is 0 Å². The summed E-state index contributed by atoms with van der Waals surface area (Å²) in [7, 11) is 0. The van der Waals surface area contributed by atoms with E-state index in [1.54, 1.807) is 0 Å². The van der Waals surface area contributed by atoms with Crippen LogP contribution in [-0.4, -0.2) is 35.9 Å². The zero-order chi connectivity index (χ0) is 14.9. The van der Waals surface area contributed by atoms with Gasteiger partial charge < -0.3 is 14.0 Å². The van der Waals surface area contributed by atoms with Crippen molar-refractivity contribution in [3.05, 3.63) is 41.8 Å². The Bertz CT molecular complexity index is 655. The van der Waals surface area contributed by atoms with Crippen molar-refractivity contribution in [2.24, 2.45) is 0 Å². The number of hydrogen-bond donors (Lipinski definition) is 0. The molecule has 2 atom stereocenters. The van der Waals surface area contributed by atoms with Crippen molar-refractivity contribution in [2.45, 2.75) is 31.9 Å². The third kappa shape index (κ3) is 2.57. The molecule has 0 unspecified atom stereocenters. The van der Waals surface area contributed by atoms with Gasteiger partial charge in [-0.2, -0.15) is 0 Å². The lowest BCUT2D eigenvalue weighted by Gasteiger charge is -2.31. The molecule has 22 heavy (non-hydrogen) atoms. The lowest BCUT2D eigenvalue weighted by molar-refractivity contribution is 0.0516. The van der Waals surface area contributed by atoms with Crippen molar-refractivity contribution in [3.63, 3.8) is 0 Å². The monoisotopic (exact) mass is 300 g/mol. The van der Waals surface area contributed by atoms with Crippen molar-refractivity contribution in [2.75, 3.05) is 19.7 Å². The highest BCUT2D eigenvalue weighted by molar-refractivity contribution is 5.40. The highest BCUT2D eigenvalue weighted by Crippen LogP contribution is 2.35. The number of aryl methyl sites for hydroxylation is 1. The highest BCUT2D eigenvalue weighted by Gasteiger charge is 2.32. The quantitative estimate of drug-likeness (QED) is 0.872. The van der Waals surface area contributed by atoms with Crippen LogP contribution in [0.1, 0.15) is 30.3 Å². The summed E-state index contributed by atoms with van der Waals surface area (Å²) in [5.41, 5.74) is 0.938. The molecule has 0 bridgehead atoms. The Balaban J connectivity index is 1.45. The van der Waals surface area contributed by atoms with Gasteiger partial charge in [0, 0.05) is 12.6 Å². The number of ether oxygens (including phenoxy) is 2. The first-order valence-corrected chi connectivity index (χ1v) is 7.85. The molecule has 0 saturated carbocycles. The number of hydrogen-bond acceptors (Lipinski definition) is 5. The van der Waals surface area contributed by atoms with E-state index in [0.717, 1.165) is 42.5 Å². The average Bonchev–Trinajstić information content (AvgIpc) is 3.16. The number of benzene rings is 1. The smallest absolute Gasteiger partial charge is 0.161 e. The van der Waals surface area contributed by atoms with Gasteiger partial charge in [0.2, 0.25) is 0 Å². The Morgan fingerprint density at radius 2 is 2.14 bits per heavy atom. The van der Waals surface area contributed by atoms with Crippen LogP contribution < -0.4 is 9.47 Å². The summed E-state index contributed by atoms with van der Waals surface area (Å²) >= 11 is 0. The predicted molar refractivity (Wildman–Crippen MR) is 81.1 cm³/mol. The van der Waals surface area contributed by atoms with Crippen LogP contribution in [-0.2, 0) is 0 Å². The van der Waals surface area contributed by atoms with E-state index in [1.165, 1.54) is 6.42 Å². The lowest BCUT2D eigenvalue weighted by atomic mass is 10.1.